The standard InChI is InChI=1S/C41H59FN4O4S2/c1-3-4-5-6-7-8-9-13-28-50-39-17-15-35(30-37(39)42)52(48,49)40-31-43-38-16-14-34(51(2)47)29-36(38)41(40)46-26-20-33(21-27-46)45-24-18-32(19-25-45)44-22-11-10-12-23-44/h14-17,29-33H,3-13,18-28H2,1-2H3. The third kappa shape index (κ3) is 9.61. The molecule has 0 N–H and O–H groups in total. The molecule has 0 amide bonds. The Kier molecular flexibility index (Phi) is 14.1. The molecule has 2 aromatic carbocycles. The van der Waals surface area contributed by atoms with Crippen LogP contribution in [0.25, 0.3) is 10.9 Å². The third-order valence-electron chi connectivity index (χ3n) is 11.6. The fraction of sp³-hybridized carbons (Fsp3) is 0.634. The van der Waals surface area contributed by atoms with E-state index in [-0.39, 0.29) is 15.5 Å². The fourth-order valence-corrected chi connectivity index (χ4v) is 10.5. The summed E-state index contributed by atoms with van der Waals surface area (Å²) in [5.41, 5.74) is 1.20. The minimum atomic E-state index is -4.17. The summed E-state index contributed by atoms with van der Waals surface area (Å²) >= 11 is -1.26. The van der Waals surface area contributed by atoms with Crippen LogP contribution in [0, 0.1) is 5.82 Å². The van der Waals surface area contributed by atoms with Crippen molar-refractivity contribution in [3.05, 3.63) is 48.4 Å². The Labute approximate surface area is 314 Å². The van der Waals surface area contributed by atoms with Gasteiger partial charge in [0, 0.05) is 42.8 Å². The topological polar surface area (TPSA) is 89.0 Å². The van der Waals surface area contributed by atoms with Gasteiger partial charge in [-0.05, 0) is 113 Å². The summed E-state index contributed by atoms with van der Waals surface area (Å²) in [5, 5.41) is 0.653. The first-order valence-corrected chi connectivity index (χ1v) is 23.0. The van der Waals surface area contributed by atoms with Crippen LogP contribution in [0.3, 0.4) is 0 Å². The molecule has 286 valence electrons. The summed E-state index contributed by atoms with van der Waals surface area (Å²) in [6.45, 7) is 8.70. The predicted molar refractivity (Wildman–Crippen MR) is 209 cm³/mol. The van der Waals surface area contributed by atoms with Gasteiger partial charge in [0.1, 0.15) is 11.2 Å². The number of aromatic nitrogens is 1. The summed E-state index contributed by atoms with van der Waals surface area (Å²) in [6.07, 6.45) is 20.6. The molecule has 11 heteroatoms. The second kappa shape index (κ2) is 18.7. The lowest BCUT2D eigenvalue weighted by molar-refractivity contribution is 0.0654. The van der Waals surface area contributed by atoms with E-state index in [1.54, 1.807) is 12.3 Å². The zero-order valence-corrected chi connectivity index (χ0v) is 33.0. The van der Waals surface area contributed by atoms with E-state index in [1.165, 1.54) is 95.6 Å². The predicted octanol–water partition coefficient (Wildman–Crippen LogP) is 8.38. The number of anilines is 1. The molecule has 3 aliphatic heterocycles. The van der Waals surface area contributed by atoms with E-state index in [1.807, 2.05) is 12.1 Å². The average molecular weight is 755 g/mol. The summed E-state index contributed by atoms with van der Waals surface area (Å²) in [5.74, 6) is -0.625. The Balaban J connectivity index is 1.16. The molecule has 52 heavy (non-hydrogen) atoms. The van der Waals surface area contributed by atoms with Gasteiger partial charge in [-0.1, -0.05) is 58.3 Å². The van der Waals surface area contributed by atoms with Crippen LogP contribution in [0.1, 0.15) is 103 Å². The van der Waals surface area contributed by atoms with Gasteiger partial charge in [0.25, 0.3) is 0 Å². The smallest absolute Gasteiger partial charge is 0.210 e. The van der Waals surface area contributed by atoms with Gasteiger partial charge in [-0.3, -0.25) is 4.98 Å². The molecule has 4 heterocycles. The molecule has 3 fully saturated rings. The summed E-state index contributed by atoms with van der Waals surface area (Å²) in [6, 6.07) is 10.5. The van der Waals surface area contributed by atoms with Gasteiger partial charge in [-0.25, -0.2) is 12.8 Å². The van der Waals surface area contributed by atoms with E-state index in [4.69, 9.17) is 4.74 Å². The van der Waals surface area contributed by atoms with Gasteiger partial charge < -0.3 is 24.0 Å². The van der Waals surface area contributed by atoms with Crippen LogP contribution in [0.15, 0.2) is 57.3 Å². The van der Waals surface area contributed by atoms with Crippen molar-refractivity contribution in [3.8, 4) is 5.75 Å². The first-order valence-electron chi connectivity index (χ1n) is 19.9. The van der Waals surface area contributed by atoms with E-state index < -0.39 is 26.8 Å². The van der Waals surface area contributed by atoms with Crippen molar-refractivity contribution in [2.45, 2.75) is 130 Å². The van der Waals surface area contributed by atoms with Crippen LogP contribution < -0.4 is 9.64 Å². The summed E-state index contributed by atoms with van der Waals surface area (Å²) in [4.78, 5) is 12.6. The fourth-order valence-electron chi connectivity index (χ4n) is 8.51. The molecule has 1 atom stereocenters. The Morgan fingerprint density at radius 2 is 1.46 bits per heavy atom. The van der Waals surface area contributed by atoms with Gasteiger partial charge in [-0.2, -0.15) is 0 Å². The molecule has 0 aliphatic carbocycles. The number of benzene rings is 2. The van der Waals surface area contributed by atoms with E-state index in [0.29, 0.717) is 53.3 Å². The van der Waals surface area contributed by atoms with Crippen molar-refractivity contribution in [2.24, 2.45) is 0 Å². The number of hydrogen-bond acceptors (Lipinski definition) is 8. The molecule has 0 bridgehead atoms. The van der Waals surface area contributed by atoms with Gasteiger partial charge in [0.2, 0.25) is 9.84 Å². The van der Waals surface area contributed by atoms with E-state index in [9.17, 15) is 13.0 Å². The molecule has 1 aromatic heterocycles. The number of sulfone groups is 1. The monoisotopic (exact) mass is 754 g/mol. The van der Waals surface area contributed by atoms with Crippen LogP contribution in [-0.2, 0) is 21.0 Å². The van der Waals surface area contributed by atoms with Crippen molar-refractivity contribution in [1.82, 2.24) is 14.8 Å². The number of ether oxygens (including phenoxy) is 1. The number of likely N-dealkylation sites (tertiary alicyclic amines) is 2. The van der Waals surface area contributed by atoms with Crippen LogP contribution in [0.4, 0.5) is 10.1 Å². The lowest BCUT2D eigenvalue weighted by Crippen LogP contribution is -2.52. The van der Waals surface area contributed by atoms with Crippen molar-refractivity contribution in [3.63, 3.8) is 0 Å². The van der Waals surface area contributed by atoms with Gasteiger partial charge >= 0.3 is 0 Å². The number of halogens is 1. The number of nitrogens with zero attached hydrogens (tertiary/aromatic N) is 4. The third-order valence-corrected chi connectivity index (χ3v) is 14.2. The molecule has 3 saturated heterocycles. The molecule has 8 nitrogen and oxygen atoms in total. The highest BCUT2D eigenvalue weighted by molar-refractivity contribution is 7.91. The van der Waals surface area contributed by atoms with Gasteiger partial charge in [-0.15, -0.1) is 0 Å². The lowest BCUT2D eigenvalue weighted by Gasteiger charge is -2.45. The average Bonchev–Trinajstić information content (AvgIpc) is 3.17. The molecule has 0 spiro atoms. The van der Waals surface area contributed by atoms with Crippen LogP contribution in [0.2, 0.25) is 0 Å². The summed E-state index contributed by atoms with van der Waals surface area (Å²) in [7, 11) is -4.17. The number of piperidine rings is 3. The van der Waals surface area contributed by atoms with Crippen molar-refractivity contribution < 1.29 is 22.1 Å². The van der Waals surface area contributed by atoms with Crippen molar-refractivity contribution >= 4 is 37.6 Å². The minimum Gasteiger partial charge on any atom is -0.612 e. The Morgan fingerprint density at radius 1 is 0.827 bits per heavy atom. The van der Waals surface area contributed by atoms with Crippen LogP contribution in [-0.4, -0.2) is 92.0 Å². The molecular weight excluding hydrogens is 696 g/mol. The molecule has 6 rings (SSSR count). The number of rotatable bonds is 16. The van der Waals surface area contributed by atoms with Gasteiger partial charge in [0.15, 0.2) is 16.5 Å². The quantitative estimate of drug-likeness (QED) is 0.107. The van der Waals surface area contributed by atoms with Crippen LogP contribution in [0.5, 0.6) is 5.75 Å². The molecule has 3 aliphatic rings. The Hall–Kier alpha value is -2.44. The molecule has 0 radical (unpaired) electrons. The van der Waals surface area contributed by atoms with Gasteiger partial charge in [0.05, 0.1) is 22.7 Å². The first-order chi connectivity index (χ1) is 25.3. The highest BCUT2D eigenvalue weighted by Crippen LogP contribution is 2.39. The van der Waals surface area contributed by atoms with E-state index in [2.05, 4.69) is 26.6 Å². The molecule has 3 aromatic rings. The number of unbranched alkanes of at least 4 members (excludes halogenated alkanes) is 7. The van der Waals surface area contributed by atoms with E-state index in [0.717, 1.165) is 51.3 Å². The number of fused-ring (bicyclic) bond motifs is 1. The van der Waals surface area contributed by atoms with Crippen molar-refractivity contribution in [2.75, 3.05) is 57.0 Å². The number of hydrogen-bond donors (Lipinski definition) is 0. The minimum absolute atomic E-state index is 0.0480. The summed E-state index contributed by atoms with van der Waals surface area (Å²) < 4.78 is 62.4. The highest BCUT2D eigenvalue weighted by Gasteiger charge is 2.34. The maximum absolute atomic E-state index is 15.4. The molecule has 0 saturated carbocycles. The largest absolute Gasteiger partial charge is 0.612 e. The lowest BCUT2D eigenvalue weighted by atomic mass is 9.95. The first kappa shape index (κ1) is 39.3. The number of pyridine rings is 1. The Morgan fingerprint density at radius 3 is 2.12 bits per heavy atom. The van der Waals surface area contributed by atoms with Crippen LogP contribution >= 0.6 is 0 Å². The van der Waals surface area contributed by atoms with Crippen molar-refractivity contribution in [1.29, 1.82) is 0 Å². The maximum Gasteiger partial charge on any atom is 0.210 e. The second-order valence-corrected chi connectivity index (χ2v) is 18.4. The zero-order chi connectivity index (χ0) is 36.5. The normalized spacial score (nSPS) is 19.3. The highest BCUT2D eigenvalue weighted by atomic mass is 32.2. The molecule has 1 unspecified atom stereocenters. The van der Waals surface area contributed by atoms with E-state index >= 15 is 4.39 Å². The zero-order valence-electron chi connectivity index (χ0n) is 31.4. The maximum atomic E-state index is 15.4. The second-order valence-electron chi connectivity index (χ2n) is 15.1. The molecular formula is C41H59FN4O4S2. The Bertz CT molecular complexity index is 1700. The SMILES string of the molecule is CCCCCCCCCCOc1ccc(S(=O)(=O)c2cnc3ccc([S+](C)[O-])cc3c2N2CCC(N3CCC(N4CCCCC4)CC3)CC2)cc1F.